The Morgan fingerprint density at radius 2 is 2.05 bits per heavy atom. The zero-order valence-electron chi connectivity index (χ0n) is 10.8. The van der Waals surface area contributed by atoms with Crippen LogP contribution >= 0.6 is 0 Å². The molecule has 0 saturated carbocycles. The van der Waals surface area contributed by atoms with E-state index in [9.17, 15) is 13.2 Å². The maximum Gasteiger partial charge on any atom is 0.416 e. The van der Waals surface area contributed by atoms with Crippen LogP contribution in [0.4, 0.5) is 13.2 Å². The summed E-state index contributed by atoms with van der Waals surface area (Å²) in [4.78, 5) is 0. The van der Waals surface area contributed by atoms with Gasteiger partial charge in [-0.25, -0.2) is 0 Å². The van der Waals surface area contributed by atoms with Crippen LogP contribution in [0.3, 0.4) is 0 Å². The number of hydrogen-bond acceptors (Lipinski definition) is 4. The number of amidine groups is 1. The van der Waals surface area contributed by atoms with E-state index in [1.165, 1.54) is 0 Å². The number of alkyl halides is 3. The van der Waals surface area contributed by atoms with Gasteiger partial charge in [-0.3, -0.25) is 0 Å². The summed E-state index contributed by atoms with van der Waals surface area (Å²) in [6, 6.07) is 2.76. The van der Waals surface area contributed by atoms with E-state index in [0.29, 0.717) is 6.61 Å². The number of nitrogens with zero attached hydrogens (tertiary/aromatic N) is 1. The molecule has 20 heavy (non-hydrogen) atoms. The number of benzene rings is 1. The first kappa shape index (κ1) is 16.1. The van der Waals surface area contributed by atoms with Crippen molar-refractivity contribution in [1.82, 2.24) is 0 Å². The lowest BCUT2D eigenvalue weighted by atomic mass is 10.1. The minimum atomic E-state index is -4.52. The highest BCUT2D eigenvalue weighted by Gasteiger charge is 2.31. The zero-order valence-corrected chi connectivity index (χ0v) is 10.8. The Morgan fingerprint density at radius 3 is 2.60 bits per heavy atom. The number of ether oxygens (including phenoxy) is 2. The van der Waals surface area contributed by atoms with Crippen molar-refractivity contribution in [3.8, 4) is 5.75 Å². The first-order chi connectivity index (χ1) is 9.40. The van der Waals surface area contributed by atoms with Gasteiger partial charge in [0.2, 0.25) is 0 Å². The van der Waals surface area contributed by atoms with Gasteiger partial charge in [0, 0.05) is 6.61 Å². The lowest BCUT2D eigenvalue weighted by molar-refractivity contribution is -0.137. The molecule has 1 rings (SSSR count). The Morgan fingerprint density at radius 1 is 1.35 bits per heavy atom. The molecular weight excluding hydrogens is 277 g/mol. The summed E-state index contributed by atoms with van der Waals surface area (Å²) in [7, 11) is 0. The van der Waals surface area contributed by atoms with Gasteiger partial charge in [0.1, 0.15) is 12.4 Å². The second-order valence-electron chi connectivity index (χ2n) is 3.74. The molecule has 5 nitrogen and oxygen atoms in total. The van der Waals surface area contributed by atoms with Crippen LogP contribution in [0.5, 0.6) is 5.75 Å². The lowest BCUT2D eigenvalue weighted by Gasteiger charge is -2.13. The summed E-state index contributed by atoms with van der Waals surface area (Å²) < 4.78 is 48.2. The molecule has 0 aliphatic heterocycles. The van der Waals surface area contributed by atoms with E-state index in [4.69, 9.17) is 20.4 Å². The van der Waals surface area contributed by atoms with Crippen LogP contribution in [-0.4, -0.2) is 30.9 Å². The van der Waals surface area contributed by atoms with Crippen LogP contribution in [0.15, 0.2) is 23.4 Å². The summed E-state index contributed by atoms with van der Waals surface area (Å²) in [5.41, 5.74) is 4.33. The van der Waals surface area contributed by atoms with Crippen molar-refractivity contribution >= 4 is 5.84 Å². The largest absolute Gasteiger partial charge is 0.490 e. The van der Waals surface area contributed by atoms with Crippen molar-refractivity contribution in [2.75, 3.05) is 19.8 Å². The van der Waals surface area contributed by atoms with Crippen molar-refractivity contribution < 1.29 is 27.9 Å². The van der Waals surface area contributed by atoms with Crippen molar-refractivity contribution in [2.45, 2.75) is 13.1 Å². The molecule has 1 aromatic rings. The van der Waals surface area contributed by atoms with E-state index in [1.54, 1.807) is 6.92 Å². The van der Waals surface area contributed by atoms with Gasteiger partial charge in [-0.2, -0.15) is 13.2 Å². The molecule has 0 radical (unpaired) electrons. The van der Waals surface area contributed by atoms with Crippen LogP contribution in [0, 0.1) is 0 Å². The van der Waals surface area contributed by atoms with Crippen molar-refractivity contribution in [3.63, 3.8) is 0 Å². The highest BCUT2D eigenvalue weighted by molar-refractivity contribution is 5.99. The number of rotatable bonds is 6. The minimum absolute atomic E-state index is 0.0907. The van der Waals surface area contributed by atoms with E-state index in [2.05, 4.69) is 5.16 Å². The molecule has 0 atom stereocenters. The Kier molecular flexibility index (Phi) is 5.63. The molecule has 1 aromatic carbocycles. The fraction of sp³-hybridized carbons (Fsp3) is 0.417. The van der Waals surface area contributed by atoms with Gasteiger partial charge >= 0.3 is 6.18 Å². The maximum absolute atomic E-state index is 12.6. The van der Waals surface area contributed by atoms with Crippen molar-refractivity contribution in [1.29, 1.82) is 0 Å². The van der Waals surface area contributed by atoms with Crippen LogP contribution in [0.1, 0.15) is 18.1 Å². The number of halogens is 3. The van der Waals surface area contributed by atoms with Gasteiger partial charge in [0.25, 0.3) is 0 Å². The Balaban J connectivity index is 2.99. The fourth-order valence-electron chi connectivity index (χ4n) is 1.44. The lowest BCUT2D eigenvalue weighted by Crippen LogP contribution is -2.18. The Bertz CT molecular complexity index is 476. The first-order valence-corrected chi connectivity index (χ1v) is 5.79. The Labute approximate surface area is 113 Å². The first-order valence-electron chi connectivity index (χ1n) is 5.79. The summed E-state index contributed by atoms with van der Waals surface area (Å²) >= 11 is 0. The summed E-state index contributed by atoms with van der Waals surface area (Å²) in [5, 5.41) is 11.3. The molecule has 0 aliphatic carbocycles. The summed E-state index contributed by atoms with van der Waals surface area (Å²) in [5.74, 6) is -0.365. The molecule has 0 aliphatic rings. The molecule has 0 aromatic heterocycles. The SMILES string of the molecule is CCOCCOc1ccc(C(F)(F)F)cc1/C(N)=N/O. The van der Waals surface area contributed by atoms with Gasteiger partial charge in [-0.1, -0.05) is 5.16 Å². The topological polar surface area (TPSA) is 77.1 Å². The number of oxime groups is 1. The van der Waals surface area contributed by atoms with Crippen LogP contribution in [-0.2, 0) is 10.9 Å². The molecule has 0 heterocycles. The quantitative estimate of drug-likeness (QED) is 0.277. The Hall–Kier alpha value is -1.96. The number of hydrogen-bond donors (Lipinski definition) is 2. The van der Waals surface area contributed by atoms with Gasteiger partial charge in [0.05, 0.1) is 17.7 Å². The average Bonchev–Trinajstić information content (AvgIpc) is 2.41. The zero-order chi connectivity index (χ0) is 15.2. The highest BCUT2D eigenvalue weighted by Crippen LogP contribution is 2.32. The third-order valence-corrected chi connectivity index (χ3v) is 2.38. The second-order valence-corrected chi connectivity index (χ2v) is 3.74. The van der Waals surface area contributed by atoms with E-state index in [-0.39, 0.29) is 24.5 Å². The maximum atomic E-state index is 12.6. The monoisotopic (exact) mass is 292 g/mol. The highest BCUT2D eigenvalue weighted by atomic mass is 19.4. The normalized spacial score (nSPS) is 12.5. The smallest absolute Gasteiger partial charge is 0.416 e. The average molecular weight is 292 g/mol. The second kappa shape index (κ2) is 6.99. The molecule has 3 N–H and O–H groups in total. The minimum Gasteiger partial charge on any atom is -0.490 e. The summed E-state index contributed by atoms with van der Waals surface area (Å²) in [6.45, 7) is 2.74. The molecule has 0 spiro atoms. The van der Waals surface area contributed by atoms with Gasteiger partial charge < -0.3 is 20.4 Å². The van der Waals surface area contributed by atoms with Crippen LogP contribution < -0.4 is 10.5 Å². The van der Waals surface area contributed by atoms with Gasteiger partial charge in [-0.05, 0) is 25.1 Å². The molecule has 0 bridgehead atoms. The molecule has 0 amide bonds. The van der Waals surface area contributed by atoms with Crippen molar-refractivity contribution in [2.24, 2.45) is 10.9 Å². The third kappa shape index (κ3) is 4.30. The molecule has 0 unspecified atom stereocenters. The van der Waals surface area contributed by atoms with Gasteiger partial charge in [0.15, 0.2) is 5.84 Å². The van der Waals surface area contributed by atoms with E-state index < -0.39 is 17.6 Å². The third-order valence-electron chi connectivity index (χ3n) is 2.38. The molecule has 0 saturated heterocycles. The van der Waals surface area contributed by atoms with Crippen LogP contribution in [0.25, 0.3) is 0 Å². The number of nitrogens with two attached hydrogens (primary N) is 1. The molecule has 8 heteroatoms. The summed E-state index contributed by atoms with van der Waals surface area (Å²) in [6.07, 6.45) is -4.52. The molecule has 112 valence electrons. The van der Waals surface area contributed by atoms with E-state index in [0.717, 1.165) is 18.2 Å². The van der Waals surface area contributed by atoms with E-state index in [1.807, 2.05) is 0 Å². The van der Waals surface area contributed by atoms with E-state index >= 15 is 0 Å². The molecule has 0 fully saturated rings. The van der Waals surface area contributed by atoms with Gasteiger partial charge in [-0.15, -0.1) is 0 Å². The predicted octanol–water partition coefficient (Wildman–Crippen LogP) is 2.22. The van der Waals surface area contributed by atoms with Crippen molar-refractivity contribution in [3.05, 3.63) is 29.3 Å². The fourth-order valence-corrected chi connectivity index (χ4v) is 1.44. The standard InChI is InChI=1S/C12H15F3N2O3/c1-2-19-5-6-20-10-4-3-8(12(13,14)15)7-9(10)11(16)17-18/h3-4,7,18H,2,5-6H2,1H3,(H2,16,17). The van der Waals surface area contributed by atoms with Crippen LogP contribution in [0.2, 0.25) is 0 Å². The predicted molar refractivity (Wildman–Crippen MR) is 65.9 cm³/mol. The molecular formula is C12H15F3N2O3.